The van der Waals surface area contributed by atoms with E-state index in [0.717, 1.165) is 10.9 Å². The lowest BCUT2D eigenvalue weighted by Gasteiger charge is -2.44. The average Bonchev–Trinajstić information content (AvgIpc) is 3.47. The van der Waals surface area contributed by atoms with Crippen LogP contribution in [0, 0.1) is 0 Å². The van der Waals surface area contributed by atoms with Crippen molar-refractivity contribution in [1.29, 1.82) is 0 Å². The Balaban J connectivity index is 1.21. The molecule has 11 heteroatoms. The van der Waals surface area contributed by atoms with Crippen LogP contribution in [0.25, 0.3) is 22.2 Å². The Morgan fingerprint density at radius 3 is 2.65 bits per heavy atom. The number of aromatic amines is 1. The van der Waals surface area contributed by atoms with Gasteiger partial charge in [-0.1, -0.05) is 0 Å². The normalized spacial score (nSPS) is 16.4. The van der Waals surface area contributed by atoms with Crippen LogP contribution in [-0.4, -0.2) is 75.1 Å². The number of rotatable bonds is 4. The first-order valence-corrected chi connectivity index (χ1v) is 11.9. The van der Waals surface area contributed by atoms with E-state index >= 15 is 0 Å². The van der Waals surface area contributed by atoms with Crippen LogP contribution < -0.4 is 14.2 Å². The molecule has 11 nitrogen and oxygen atoms in total. The first-order valence-electron chi connectivity index (χ1n) is 11.9. The third-order valence-corrected chi connectivity index (χ3v) is 7.14. The molecule has 0 atom stereocenters. The average molecular weight is 501 g/mol. The number of nitrogens with one attached hydrogen (secondary N) is 1. The minimum atomic E-state index is -0.635. The van der Waals surface area contributed by atoms with Gasteiger partial charge in [-0.2, -0.15) is 0 Å². The number of ether oxygens (including phenoxy) is 3. The summed E-state index contributed by atoms with van der Waals surface area (Å²) >= 11 is 0. The summed E-state index contributed by atoms with van der Waals surface area (Å²) in [5, 5.41) is 15.3. The second-order valence-electron chi connectivity index (χ2n) is 9.23. The molecule has 2 aromatic heterocycles. The van der Waals surface area contributed by atoms with Gasteiger partial charge in [-0.15, -0.1) is 5.10 Å². The second kappa shape index (κ2) is 8.84. The Kier molecular flexibility index (Phi) is 5.47. The number of hydrogen-bond acceptors (Lipinski definition) is 9. The molecular weight excluding hydrogens is 476 g/mol. The Morgan fingerprint density at radius 1 is 1.08 bits per heavy atom. The Morgan fingerprint density at radius 2 is 1.92 bits per heavy atom. The molecular formula is C26H24N6O5. The van der Waals surface area contributed by atoms with Gasteiger partial charge < -0.3 is 19.1 Å². The number of carbonyl (C=O) groups excluding carboxylic acids is 2. The predicted molar refractivity (Wildman–Crippen MR) is 132 cm³/mol. The monoisotopic (exact) mass is 500 g/mol. The van der Waals surface area contributed by atoms with Crippen LogP contribution in [-0.2, 0) is 0 Å². The zero-order chi connectivity index (χ0) is 25.6. The number of likely N-dealkylation sites (tertiary alicyclic amines) is 1. The van der Waals surface area contributed by atoms with Gasteiger partial charge in [0.05, 0.1) is 26.2 Å². The van der Waals surface area contributed by atoms with E-state index in [2.05, 4.69) is 25.6 Å². The fraction of sp³-hybridized carbons (Fsp3) is 0.308. The molecule has 6 rings (SSSR count). The fourth-order valence-corrected chi connectivity index (χ4v) is 5.18. The number of ketones is 1. The van der Waals surface area contributed by atoms with E-state index in [1.54, 1.807) is 49.6 Å². The molecule has 188 valence electrons. The Labute approximate surface area is 211 Å². The van der Waals surface area contributed by atoms with Gasteiger partial charge in [-0.3, -0.25) is 9.59 Å². The molecule has 1 fully saturated rings. The molecule has 1 saturated heterocycles. The van der Waals surface area contributed by atoms with Crippen molar-refractivity contribution in [3.63, 3.8) is 0 Å². The van der Waals surface area contributed by atoms with E-state index in [4.69, 9.17) is 14.2 Å². The predicted octanol–water partition coefficient (Wildman–Crippen LogP) is 3.07. The summed E-state index contributed by atoms with van der Waals surface area (Å²) in [4.78, 5) is 32.6. The number of amides is 1. The van der Waals surface area contributed by atoms with Crippen molar-refractivity contribution >= 4 is 22.5 Å². The standard InChI is InChI=1S/C26H24N6O5/c1-35-22-13-16(12-18-17(22)5-8-27-24(18)36-2)25(34)32-9-6-26(7-10-32)14-20(33)19-11-15(3-4-21(19)37-26)23-28-30-31-29-23/h3-5,8,11-13H,6-7,9-10,14H2,1-2H3,(H,28,29,30,31). The molecule has 1 amide bonds. The summed E-state index contributed by atoms with van der Waals surface area (Å²) < 4.78 is 17.3. The smallest absolute Gasteiger partial charge is 0.254 e. The summed E-state index contributed by atoms with van der Waals surface area (Å²) in [6.07, 6.45) is 3.00. The van der Waals surface area contributed by atoms with Gasteiger partial charge in [0.25, 0.3) is 5.91 Å². The van der Waals surface area contributed by atoms with Crippen LogP contribution in [0.4, 0.5) is 0 Å². The maximum Gasteiger partial charge on any atom is 0.254 e. The number of piperidine rings is 1. The van der Waals surface area contributed by atoms with Crippen LogP contribution in [0.1, 0.15) is 40.0 Å². The van der Waals surface area contributed by atoms with E-state index < -0.39 is 5.60 Å². The molecule has 0 unspecified atom stereocenters. The minimum absolute atomic E-state index is 0.00853. The quantitative estimate of drug-likeness (QED) is 0.449. The number of fused-ring (bicyclic) bond motifs is 2. The van der Waals surface area contributed by atoms with Gasteiger partial charge in [-0.05, 0) is 46.8 Å². The molecule has 0 saturated carbocycles. The van der Waals surface area contributed by atoms with Gasteiger partial charge >= 0.3 is 0 Å². The molecule has 2 aromatic carbocycles. The molecule has 4 aromatic rings. The maximum atomic E-state index is 13.5. The molecule has 2 aliphatic heterocycles. The molecule has 1 spiro atoms. The summed E-state index contributed by atoms with van der Waals surface area (Å²) in [5.74, 6) is 1.93. The van der Waals surface area contributed by atoms with Crippen molar-refractivity contribution < 1.29 is 23.8 Å². The fourth-order valence-electron chi connectivity index (χ4n) is 5.18. The van der Waals surface area contributed by atoms with Crippen LogP contribution in [0.3, 0.4) is 0 Å². The molecule has 0 radical (unpaired) electrons. The lowest BCUT2D eigenvalue weighted by Crippen LogP contribution is -2.52. The van der Waals surface area contributed by atoms with Gasteiger partial charge in [0.1, 0.15) is 17.1 Å². The number of nitrogens with zero attached hydrogens (tertiary/aromatic N) is 5. The van der Waals surface area contributed by atoms with Crippen molar-refractivity contribution in [2.45, 2.75) is 24.9 Å². The largest absolute Gasteiger partial charge is 0.496 e. The van der Waals surface area contributed by atoms with Crippen LogP contribution in [0.2, 0.25) is 0 Å². The van der Waals surface area contributed by atoms with E-state index in [9.17, 15) is 9.59 Å². The number of Topliss-reactive ketones (excluding diaryl/α,β-unsaturated/α-hetero) is 1. The van der Waals surface area contributed by atoms with E-state index in [1.807, 2.05) is 12.1 Å². The number of carbonyl (C=O) groups is 2. The molecule has 4 heterocycles. The first kappa shape index (κ1) is 22.9. The van der Waals surface area contributed by atoms with Gasteiger partial charge in [0.2, 0.25) is 5.88 Å². The lowest BCUT2D eigenvalue weighted by atomic mass is 9.82. The zero-order valence-electron chi connectivity index (χ0n) is 20.4. The van der Waals surface area contributed by atoms with Crippen LogP contribution >= 0.6 is 0 Å². The highest BCUT2D eigenvalue weighted by molar-refractivity contribution is 6.03. The molecule has 0 bridgehead atoms. The maximum absolute atomic E-state index is 13.5. The second-order valence-corrected chi connectivity index (χ2v) is 9.23. The molecule has 0 aliphatic carbocycles. The zero-order valence-corrected chi connectivity index (χ0v) is 20.4. The van der Waals surface area contributed by atoms with Crippen molar-refractivity contribution in [3.8, 4) is 28.8 Å². The van der Waals surface area contributed by atoms with Gasteiger partial charge in [0, 0.05) is 54.0 Å². The SMILES string of the molecule is COc1cc(C(=O)N2CCC3(CC2)CC(=O)c2cc(-c4nnn[nH]4)ccc2O3)cc2c(OC)nccc12. The topological polar surface area (TPSA) is 132 Å². The Bertz CT molecular complexity index is 1510. The first-order chi connectivity index (χ1) is 18.0. The van der Waals surface area contributed by atoms with E-state index in [1.165, 1.54) is 0 Å². The van der Waals surface area contributed by atoms with Gasteiger partial charge in [-0.25, -0.2) is 10.1 Å². The van der Waals surface area contributed by atoms with Crippen molar-refractivity contribution in [2.24, 2.45) is 0 Å². The van der Waals surface area contributed by atoms with Crippen LogP contribution in [0.5, 0.6) is 17.4 Å². The highest BCUT2D eigenvalue weighted by atomic mass is 16.5. The van der Waals surface area contributed by atoms with E-state index in [0.29, 0.717) is 65.6 Å². The summed E-state index contributed by atoms with van der Waals surface area (Å²) in [5.41, 5.74) is 1.09. The lowest BCUT2D eigenvalue weighted by molar-refractivity contribution is -0.00570. The number of pyridine rings is 1. The summed E-state index contributed by atoms with van der Waals surface area (Å²) in [7, 11) is 3.11. The molecule has 1 N–H and O–H groups in total. The number of aromatic nitrogens is 5. The Hall–Kier alpha value is -4.54. The number of tetrazole rings is 1. The number of benzene rings is 2. The molecule has 37 heavy (non-hydrogen) atoms. The highest BCUT2D eigenvalue weighted by Crippen LogP contribution is 2.41. The molecule has 2 aliphatic rings. The third-order valence-electron chi connectivity index (χ3n) is 7.14. The highest BCUT2D eigenvalue weighted by Gasteiger charge is 2.44. The summed E-state index contributed by atoms with van der Waals surface area (Å²) in [6.45, 7) is 0.932. The third kappa shape index (κ3) is 3.92. The number of H-pyrrole nitrogens is 1. The summed E-state index contributed by atoms with van der Waals surface area (Å²) in [6, 6.07) is 10.7. The van der Waals surface area contributed by atoms with Gasteiger partial charge in [0.15, 0.2) is 11.6 Å². The van der Waals surface area contributed by atoms with Crippen molar-refractivity contribution in [2.75, 3.05) is 27.3 Å². The van der Waals surface area contributed by atoms with Crippen molar-refractivity contribution in [1.82, 2.24) is 30.5 Å². The van der Waals surface area contributed by atoms with Crippen LogP contribution in [0.15, 0.2) is 42.6 Å². The number of methoxy groups -OCH3 is 2. The van der Waals surface area contributed by atoms with Crippen molar-refractivity contribution in [3.05, 3.63) is 53.7 Å². The van der Waals surface area contributed by atoms with E-state index in [-0.39, 0.29) is 18.1 Å². The minimum Gasteiger partial charge on any atom is -0.496 e. The number of hydrogen-bond donors (Lipinski definition) is 1.